The molecule has 82 valence electrons. The van der Waals surface area contributed by atoms with Crippen molar-refractivity contribution in [2.24, 2.45) is 5.41 Å². The van der Waals surface area contributed by atoms with E-state index in [-0.39, 0.29) is 0 Å². The monoisotopic (exact) mass is 266 g/mol. The number of benzene rings is 1. The molecule has 0 radical (unpaired) electrons. The van der Waals surface area contributed by atoms with E-state index in [2.05, 4.69) is 54.9 Å². The minimum absolute atomic E-state index is 0.506. The van der Waals surface area contributed by atoms with Gasteiger partial charge in [0.15, 0.2) is 0 Å². The zero-order valence-electron chi connectivity index (χ0n) is 9.81. The summed E-state index contributed by atoms with van der Waals surface area (Å²) in [6, 6.07) is 6.64. The van der Waals surface area contributed by atoms with Gasteiger partial charge in [-0.1, -0.05) is 48.8 Å². The van der Waals surface area contributed by atoms with Crippen LogP contribution in [-0.4, -0.2) is 0 Å². The molecule has 1 aromatic rings. The van der Waals surface area contributed by atoms with Gasteiger partial charge in [0.25, 0.3) is 0 Å². The first-order valence-electron chi connectivity index (χ1n) is 5.92. The molecule has 0 spiro atoms. The Morgan fingerprint density at radius 1 is 1.33 bits per heavy atom. The molecule has 0 nitrogen and oxygen atoms in total. The Labute approximate surface area is 101 Å². The van der Waals surface area contributed by atoms with Gasteiger partial charge in [-0.2, -0.15) is 0 Å². The largest absolute Gasteiger partial charge is 0.0648 e. The molecule has 0 heterocycles. The summed E-state index contributed by atoms with van der Waals surface area (Å²) in [4.78, 5) is 0. The van der Waals surface area contributed by atoms with Gasteiger partial charge in [-0.15, -0.1) is 0 Å². The van der Waals surface area contributed by atoms with Crippen LogP contribution in [0.3, 0.4) is 0 Å². The normalized spacial score (nSPS) is 22.8. The highest BCUT2D eigenvalue weighted by atomic mass is 79.9. The van der Waals surface area contributed by atoms with Crippen molar-refractivity contribution in [2.45, 2.75) is 46.0 Å². The molecule has 0 unspecified atom stereocenters. The number of hydrogen-bond acceptors (Lipinski definition) is 0. The standard InChI is InChI=1S/C14H19Br/c1-4-14(5-2)9-12-11(10(14)3)7-6-8-13(12)15/h6-8,10H,4-5,9H2,1-3H3/t10-/m0/s1. The second kappa shape index (κ2) is 3.93. The SMILES string of the molecule is CCC1(CC)Cc2c(Br)cccc2[C@@H]1C. The van der Waals surface area contributed by atoms with Gasteiger partial charge in [0.2, 0.25) is 0 Å². The van der Waals surface area contributed by atoms with Crippen molar-refractivity contribution in [3.8, 4) is 0 Å². The Balaban J connectivity index is 2.49. The Hall–Kier alpha value is -0.300. The van der Waals surface area contributed by atoms with Gasteiger partial charge in [0, 0.05) is 4.47 Å². The van der Waals surface area contributed by atoms with Gasteiger partial charge in [-0.05, 0) is 47.8 Å². The van der Waals surface area contributed by atoms with E-state index >= 15 is 0 Å². The Bertz CT molecular complexity index is 364. The molecule has 0 saturated carbocycles. The molecule has 1 heteroatoms. The quantitative estimate of drug-likeness (QED) is 0.713. The summed E-state index contributed by atoms with van der Waals surface area (Å²) in [6.07, 6.45) is 3.81. The minimum atomic E-state index is 0.506. The van der Waals surface area contributed by atoms with E-state index in [0.717, 1.165) is 0 Å². The molecule has 2 rings (SSSR count). The van der Waals surface area contributed by atoms with Crippen LogP contribution in [0.4, 0.5) is 0 Å². The zero-order valence-corrected chi connectivity index (χ0v) is 11.4. The van der Waals surface area contributed by atoms with Gasteiger partial charge in [0.1, 0.15) is 0 Å². The van der Waals surface area contributed by atoms with Crippen LogP contribution in [0, 0.1) is 5.41 Å². The van der Waals surface area contributed by atoms with E-state index in [1.54, 1.807) is 11.1 Å². The van der Waals surface area contributed by atoms with Crippen molar-refractivity contribution in [3.05, 3.63) is 33.8 Å². The van der Waals surface area contributed by atoms with Crippen LogP contribution >= 0.6 is 15.9 Å². The predicted molar refractivity (Wildman–Crippen MR) is 69.3 cm³/mol. The lowest BCUT2D eigenvalue weighted by Crippen LogP contribution is -2.22. The first-order valence-corrected chi connectivity index (χ1v) is 6.71. The van der Waals surface area contributed by atoms with Crippen LogP contribution in [0.5, 0.6) is 0 Å². The van der Waals surface area contributed by atoms with Crippen LogP contribution in [0.25, 0.3) is 0 Å². The molecule has 0 bridgehead atoms. The van der Waals surface area contributed by atoms with Crippen molar-refractivity contribution in [1.29, 1.82) is 0 Å². The number of hydrogen-bond donors (Lipinski definition) is 0. The van der Waals surface area contributed by atoms with Crippen molar-refractivity contribution in [3.63, 3.8) is 0 Å². The molecule has 1 atom stereocenters. The highest BCUT2D eigenvalue weighted by molar-refractivity contribution is 9.10. The minimum Gasteiger partial charge on any atom is -0.0648 e. The number of rotatable bonds is 2. The summed E-state index contributed by atoms with van der Waals surface area (Å²) in [6.45, 7) is 7.06. The average Bonchev–Trinajstić information content (AvgIpc) is 2.55. The zero-order chi connectivity index (χ0) is 11.1. The maximum absolute atomic E-state index is 3.68. The van der Waals surface area contributed by atoms with Gasteiger partial charge in [-0.3, -0.25) is 0 Å². The third-order valence-electron chi connectivity index (χ3n) is 4.48. The fourth-order valence-corrected chi connectivity index (χ4v) is 3.64. The van der Waals surface area contributed by atoms with Gasteiger partial charge in [0.05, 0.1) is 0 Å². The second-order valence-corrected chi connectivity index (χ2v) is 5.63. The predicted octanol–water partition coefficient (Wildman–Crippen LogP) is 4.92. The highest BCUT2D eigenvalue weighted by Crippen LogP contribution is 2.52. The lowest BCUT2D eigenvalue weighted by Gasteiger charge is -2.31. The fraction of sp³-hybridized carbons (Fsp3) is 0.571. The molecular weight excluding hydrogens is 248 g/mol. The van der Waals surface area contributed by atoms with E-state index in [1.165, 1.54) is 23.7 Å². The van der Waals surface area contributed by atoms with E-state index in [4.69, 9.17) is 0 Å². The Morgan fingerprint density at radius 3 is 2.53 bits per heavy atom. The average molecular weight is 267 g/mol. The summed E-state index contributed by atoms with van der Waals surface area (Å²) in [5, 5.41) is 0. The highest BCUT2D eigenvalue weighted by Gasteiger charge is 2.41. The van der Waals surface area contributed by atoms with Crippen LogP contribution in [0.2, 0.25) is 0 Å². The molecule has 1 aliphatic carbocycles. The topological polar surface area (TPSA) is 0 Å². The van der Waals surface area contributed by atoms with Gasteiger partial charge < -0.3 is 0 Å². The molecule has 15 heavy (non-hydrogen) atoms. The second-order valence-electron chi connectivity index (χ2n) is 4.78. The van der Waals surface area contributed by atoms with Crippen LogP contribution in [0.15, 0.2) is 22.7 Å². The smallest absolute Gasteiger partial charge is 0.0210 e. The number of halogens is 1. The van der Waals surface area contributed by atoms with Crippen molar-refractivity contribution in [1.82, 2.24) is 0 Å². The maximum Gasteiger partial charge on any atom is 0.0210 e. The van der Waals surface area contributed by atoms with Gasteiger partial charge in [-0.25, -0.2) is 0 Å². The fourth-order valence-electron chi connectivity index (χ4n) is 3.11. The molecule has 0 N–H and O–H groups in total. The van der Waals surface area contributed by atoms with E-state index < -0.39 is 0 Å². The van der Waals surface area contributed by atoms with Crippen molar-refractivity contribution in [2.75, 3.05) is 0 Å². The van der Waals surface area contributed by atoms with Gasteiger partial charge >= 0.3 is 0 Å². The Morgan fingerprint density at radius 2 is 2.00 bits per heavy atom. The third-order valence-corrected chi connectivity index (χ3v) is 5.22. The molecule has 1 aromatic carbocycles. The van der Waals surface area contributed by atoms with E-state index in [1.807, 2.05) is 0 Å². The molecule has 0 saturated heterocycles. The molecule has 0 amide bonds. The maximum atomic E-state index is 3.68. The Kier molecular flexibility index (Phi) is 2.94. The molecule has 0 aromatic heterocycles. The van der Waals surface area contributed by atoms with Crippen LogP contribution in [-0.2, 0) is 6.42 Å². The van der Waals surface area contributed by atoms with Crippen LogP contribution < -0.4 is 0 Å². The molecule has 0 aliphatic heterocycles. The first kappa shape index (κ1) is 11.2. The lowest BCUT2D eigenvalue weighted by atomic mass is 9.73. The summed E-state index contributed by atoms with van der Waals surface area (Å²) in [7, 11) is 0. The molecule has 1 aliphatic rings. The molecule has 0 fully saturated rings. The molecular formula is C14H19Br. The van der Waals surface area contributed by atoms with E-state index in [9.17, 15) is 0 Å². The summed E-state index contributed by atoms with van der Waals surface area (Å²) in [5.74, 6) is 0.708. The van der Waals surface area contributed by atoms with Crippen LogP contribution in [0.1, 0.15) is 50.7 Å². The van der Waals surface area contributed by atoms with Crippen molar-refractivity contribution < 1.29 is 0 Å². The number of fused-ring (bicyclic) bond motifs is 1. The van der Waals surface area contributed by atoms with E-state index in [0.29, 0.717) is 11.3 Å². The first-order chi connectivity index (χ1) is 7.14. The summed E-state index contributed by atoms with van der Waals surface area (Å²) < 4.78 is 1.30. The van der Waals surface area contributed by atoms with Crippen molar-refractivity contribution >= 4 is 15.9 Å². The summed E-state index contributed by atoms with van der Waals surface area (Å²) >= 11 is 3.68. The lowest BCUT2D eigenvalue weighted by molar-refractivity contribution is 0.234. The summed E-state index contributed by atoms with van der Waals surface area (Å²) in [5.41, 5.74) is 3.62. The third kappa shape index (κ3) is 1.56.